The Bertz CT molecular complexity index is 1290. The standard InChI is InChI=1S/C23H18BrN3/c1-2-10-27-14-20(16-7-5-8-21(24)23(16)27)18-12-25-11-17(18)19-13-26-22-9-4-3-6-15(19)22/h2-9,11-14,25-26H,1,10H2. The summed E-state index contributed by atoms with van der Waals surface area (Å²) in [4.78, 5) is 6.70. The molecule has 0 unspecified atom stereocenters. The smallest absolute Gasteiger partial charge is 0.0634 e. The third-order valence-electron chi connectivity index (χ3n) is 5.09. The van der Waals surface area contributed by atoms with Crippen molar-refractivity contribution in [1.29, 1.82) is 0 Å². The van der Waals surface area contributed by atoms with Crippen molar-refractivity contribution in [2.45, 2.75) is 6.54 Å². The number of aromatic amines is 2. The molecule has 3 heterocycles. The first-order valence-corrected chi connectivity index (χ1v) is 9.69. The number of para-hydroxylation sites is 2. The van der Waals surface area contributed by atoms with E-state index in [1.807, 2.05) is 6.08 Å². The first-order chi connectivity index (χ1) is 13.3. The third-order valence-corrected chi connectivity index (χ3v) is 5.73. The molecule has 0 fully saturated rings. The lowest BCUT2D eigenvalue weighted by Crippen LogP contribution is -1.92. The number of hydrogen-bond donors (Lipinski definition) is 2. The predicted octanol–water partition coefficient (Wildman–Crippen LogP) is 6.73. The highest BCUT2D eigenvalue weighted by Gasteiger charge is 2.18. The highest BCUT2D eigenvalue weighted by molar-refractivity contribution is 9.10. The third kappa shape index (κ3) is 2.48. The maximum Gasteiger partial charge on any atom is 0.0634 e. The molecule has 0 amide bonds. The van der Waals surface area contributed by atoms with Gasteiger partial charge in [-0.3, -0.25) is 0 Å². The Balaban J connectivity index is 1.77. The van der Waals surface area contributed by atoms with Crippen LogP contribution in [0.5, 0.6) is 0 Å². The molecule has 0 saturated heterocycles. The Labute approximate surface area is 165 Å². The van der Waals surface area contributed by atoms with Crippen molar-refractivity contribution in [2.24, 2.45) is 0 Å². The van der Waals surface area contributed by atoms with Crippen LogP contribution in [0.25, 0.3) is 44.1 Å². The molecule has 0 aliphatic carbocycles. The van der Waals surface area contributed by atoms with Gasteiger partial charge in [0.2, 0.25) is 0 Å². The van der Waals surface area contributed by atoms with Crippen LogP contribution >= 0.6 is 15.9 Å². The Morgan fingerprint density at radius 2 is 1.67 bits per heavy atom. The van der Waals surface area contributed by atoms with Gasteiger partial charge in [-0.1, -0.05) is 36.4 Å². The van der Waals surface area contributed by atoms with Crippen molar-refractivity contribution in [3.05, 3.63) is 84.4 Å². The average Bonchev–Trinajstić information content (AvgIpc) is 3.38. The summed E-state index contributed by atoms with van der Waals surface area (Å²) in [6.07, 6.45) is 10.4. The number of fused-ring (bicyclic) bond motifs is 2. The second-order valence-corrected chi connectivity index (χ2v) is 7.50. The lowest BCUT2D eigenvalue weighted by atomic mass is 9.98. The molecule has 2 N–H and O–H groups in total. The van der Waals surface area contributed by atoms with Crippen LogP contribution in [-0.4, -0.2) is 14.5 Å². The molecular weight excluding hydrogens is 398 g/mol. The molecule has 0 aliphatic rings. The number of aromatic nitrogens is 3. The number of hydrogen-bond acceptors (Lipinski definition) is 0. The van der Waals surface area contributed by atoms with Gasteiger partial charge in [0.25, 0.3) is 0 Å². The van der Waals surface area contributed by atoms with Gasteiger partial charge < -0.3 is 14.5 Å². The molecule has 0 aliphatic heterocycles. The molecule has 132 valence electrons. The molecule has 3 aromatic heterocycles. The van der Waals surface area contributed by atoms with Crippen LogP contribution in [-0.2, 0) is 6.54 Å². The van der Waals surface area contributed by atoms with Crippen molar-refractivity contribution < 1.29 is 0 Å². The van der Waals surface area contributed by atoms with E-state index >= 15 is 0 Å². The summed E-state index contributed by atoms with van der Waals surface area (Å²) in [6, 6.07) is 14.8. The summed E-state index contributed by atoms with van der Waals surface area (Å²) in [7, 11) is 0. The minimum absolute atomic E-state index is 0.770. The Morgan fingerprint density at radius 1 is 0.889 bits per heavy atom. The van der Waals surface area contributed by atoms with Gasteiger partial charge in [0.05, 0.1) is 5.52 Å². The largest absolute Gasteiger partial charge is 0.366 e. The van der Waals surface area contributed by atoms with Gasteiger partial charge in [-0.15, -0.1) is 6.58 Å². The van der Waals surface area contributed by atoms with E-state index in [-0.39, 0.29) is 0 Å². The predicted molar refractivity (Wildman–Crippen MR) is 117 cm³/mol. The van der Waals surface area contributed by atoms with Crippen LogP contribution in [0.15, 0.2) is 84.4 Å². The Kier molecular flexibility index (Phi) is 3.80. The molecule has 3 nitrogen and oxygen atoms in total. The number of rotatable bonds is 4. The second-order valence-electron chi connectivity index (χ2n) is 6.65. The first kappa shape index (κ1) is 16.2. The Hall–Kier alpha value is -2.98. The number of benzene rings is 2. The van der Waals surface area contributed by atoms with E-state index < -0.39 is 0 Å². The summed E-state index contributed by atoms with van der Waals surface area (Å²) in [5.41, 5.74) is 7.17. The van der Waals surface area contributed by atoms with E-state index in [0.717, 1.165) is 16.5 Å². The monoisotopic (exact) mass is 415 g/mol. The maximum atomic E-state index is 3.91. The topological polar surface area (TPSA) is 36.5 Å². The van der Waals surface area contributed by atoms with Crippen LogP contribution in [0.1, 0.15) is 0 Å². The van der Waals surface area contributed by atoms with Crippen LogP contribution in [0, 0.1) is 0 Å². The van der Waals surface area contributed by atoms with Gasteiger partial charge in [-0.05, 0) is 28.1 Å². The molecule has 2 aromatic carbocycles. The van der Waals surface area contributed by atoms with Gasteiger partial charge in [-0.25, -0.2) is 0 Å². The maximum absolute atomic E-state index is 3.91. The fraction of sp³-hybridized carbons (Fsp3) is 0.0435. The number of H-pyrrole nitrogens is 2. The fourth-order valence-electron chi connectivity index (χ4n) is 3.92. The molecule has 0 spiro atoms. The molecule has 5 rings (SSSR count). The van der Waals surface area contributed by atoms with Gasteiger partial charge in [0, 0.05) is 74.3 Å². The number of nitrogens with zero attached hydrogens (tertiary/aromatic N) is 1. The Morgan fingerprint density at radius 3 is 2.52 bits per heavy atom. The summed E-state index contributed by atoms with van der Waals surface area (Å²) < 4.78 is 3.34. The average molecular weight is 416 g/mol. The zero-order valence-corrected chi connectivity index (χ0v) is 16.3. The van der Waals surface area contributed by atoms with Crippen LogP contribution < -0.4 is 0 Å². The first-order valence-electron chi connectivity index (χ1n) is 8.90. The molecule has 0 saturated carbocycles. The molecule has 5 aromatic rings. The molecule has 0 atom stereocenters. The quantitative estimate of drug-likeness (QED) is 0.305. The fourth-order valence-corrected chi connectivity index (χ4v) is 4.51. The highest BCUT2D eigenvalue weighted by Crippen LogP contribution is 2.41. The van der Waals surface area contributed by atoms with Crippen LogP contribution in [0.4, 0.5) is 0 Å². The summed E-state index contributed by atoms with van der Waals surface area (Å²) in [5.74, 6) is 0. The zero-order valence-electron chi connectivity index (χ0n) is 14.7. The molecule has 0 bridgehead atoms. The lowest BCUT2D eigenvalue weighted by Gasteiger charge is -2.03. The number of halogens is 1. The van der Waals surface area contributed by atoms with Gasteiger partial charge in [0.1, 0.15) is 0 Å². The zero-order chi connectivity index (χ0) is 18.4. The van der Waals surface area contributed by atoms with Crippen LogP contribution in [0.3, 0.4) is 0 Å². The van der Waals surface area contributed by atoms with E-state index in [2.05, 4.69) is 104 Å². The molecule has 0 radical (unpaired) electrons. The lowest BCUT2D eigenvalue weighted by molar-refractivity contribution is 0.864. The molecular formula is C23H18BrN3. The number of nitrogens with one attached hydrogen (secondary N) is 2. The molecule has 4 heteroatoms. The van der Waals surface area contributed by atoms with Gasteiger partial charge in [0.15, 0.2) is 0 Å². The minimum Gasteiger partial charge on any atom is -0.366 e. The van der Waals surface area contributed by atoms with Crippen molar-refractivity contribution in [2.75, 3.05) is 0 Å². The van der Waals surface area contributed by atoms with Gasteiger partial charge >= 0.3 is 0 Å². The van der Waals surface area contributed by atoms with E-state index in [1.165, 1.54) is 38.5 Å². The second kappa shape index (κ2) is 6.32. The summed E-state index contributed by atoms with van der Waals surface area (Å²) in [6.45, 7) is 4.68. The normalized spacial score (nSPS) is 11.4. The van der Waals surface area contributed by atoms with Crippen molar-refractivity contribution in [3.8, 4) is 22.3 Å². The summed E-state index contributed by atoms with van der Waals surface area (Å²) in [5, 5.41) is 2.46. The van der Waals surface area contributed by atoms with Crippen molar-refractivity contribution in [1.82, 2.24) is 14.5 Å². The van der Waals surface area contributed by atoms with Crippen molar-refractivity contribution >= 4 is 37.7 Å². The van der Waals surface area contributed by atoms with E-state index in [0.29, 0.717) is 0 Å². The van der Waals surface area contributed by atoms with Crippen molar-refractivity contribution in [3.63, 3.8) is 0 Å². The summed E-state index contributed by atoms with van der Waals surface area (Å²) >= 11 is 3.72. The van der Waals surface area contributed by atoms with E-state index in [4.69, 9.17) is 0 Å². The van der Waals surface area contributed by atoms with E-state index in [9.17, 15) is 0 Å². The van der Waals surface area contributed by atoms with Gasteiger partial charge in [-0.2, -0.15) is 0 Å². The highest BCUT2D eigenvalue weighted by atomic mass is 79.9. The minimum atomic E-state index is 0.770. The van der Waals surface area contributed by atoms with Crippen LogP contribution in [0.2, 0.25) is 0 Å². The van der Waals surface area contributed by atoms with E-state index in [1.54, 1.807) is 0 Å². The SMILES string of the molecule is C=CCn1cc(-c2c[nH]cc2-c2c[nH]c3ccccc23)c2cccc(Br)c21. The molecule has 27 heavy (non-hydrogen) atoms. The number of allylic oxidation sites excluding steroid dienone is 1.